The van der Waals surface area contributed by atoms with Crippen molar-refractivity contribution in [1.29, 1.82) is 0 Å². The summed E-state index contributed by atoms with van der Waals surface area (Å²) in [5.41, 5.74) is 0. The smallest absolute Gasteiger partial charge is 0.320 e. The van der Waals surface area contributed by atoms with Gasteiger partial charge in [0.1, 0.15) is 0 Å². The van der Waals surface area contributed by atoms with Gasteiger partial charge in [-0.25, -0.2) is 9.78 Å². The van der Waals surface area contributed by atoms with Crippen LogP contribution in [-0.4, -0.2) is 35.3 Å². The molecule has 6 nitrogen and oxygen atoms in total. The molecule has 2 heterocycles. The first-order valence-corrected chi connectivity index (χ1v) is 5.27. The Hall–Kier alpha value is -1.69. The SMILES string of the molecule is O=C(NCC1CCCO1)Nc1cnccn1. The van der Waals surface area contributed by atoms with Crippen molar-refractivity contribution in [2.24, 2.45) is 0 Å². The van der Waals surface area contributed by atoms with E-state index in [-0.39, 0.29) is 12.1 Å². The standard InChI is InChI=1S/C10H14N4O2/c15-10(13-6-8-2-1-5-16-8)14-9-7-11-3-4-12-9/h3-4,7-8H,1-2,5-6H2,(H2,12,13,14,15). The second-order valence-electron chi connectivity index (χ2n) is 3.56. The van der Waals surface area contributed by atoms with Crippen LogP contribution in [0.4, 0.5) is 10.6 Å². The molecule has 0 aromatic carbocycles. The molecule has 16 heavy (non-hydrogen) atoms. The van der Waals surface area contributed by atoms with E-state index < -0.39 is 0 Å². The molecular weight excluding hydrogens is 208 g/mol. The molecule has 6 heteroatoms. The van der Waals surface area contributed by atoms with Gasteiger partial charge in [-0.05, 0) is 12.8 Å². The average Bonchev–Trinajstić information content (AvgIpc) is 2.81. The summed E-state index contributed by atoms with van der Waals surface area (Å²) in [6, 6.07) is -0.281. The molecule has 0 bridgehead atoms. The van der Waals surface area contributed by atoms with Crippen LogP contribution in [0.15, 0.2) is 18.6 Å². The maximum absolute atomic E-state index is 11.4. The van der Waals surface area contributed by atoms with Gasteiger partial charge in [-0.1, -0.05) is 0 Å². The third-order valence-corrected chi connectivity index (χ3v) is 2.32. The highest BCUT2D eigenvalue weighted by Gasteiger charge is 2.15. The number of amides is 2. The second kappa shape index (κ2) is 5.41. The zero-order chi connectivity index (χ0) is 11.2. The summed E-state index contributed by atoms with van der Waals surface area (Å²) in [4.78, 5) is 19.2. The quantitative estimate of drug-likeness (QED) is 0.792. The molecule has 2 amide bonds. The molecule has 2 N–H and O–H groups in total. The van der Waals surface area contributed by atoms with Gasteiger partial charge < -0.3 is 10.1 Å². The molecule has 0 radical (unpaired) electrons. The lowest BCUT2D eigenvalue weighted by Crippen LogP contribution is -2.35. The van der Waals surface area contributed by atoms with Crippen molar-refractivity contribution in [2.45, 2.75) is 18.9 Å². The summed E-state index contributed by atoms with van der Waals surface area (Å²) in [7, 11) is 0. The van der Waals surface area contributed by atoms with E-state index in [1.54, 1.807) is 6.20 Å². The molecule has 1 saturated heterocycles. The molecular formula is C10H14N4O2. The predicted octanol–water partition coefficient (Wildman–Crippen LogP) is 0.777. The highest BCUT2D eigenvalue weighted by atomic mass is 16.5. The molecule has 1 fully saturated rings. The Bertz CT molecular complexity index is 338. The van der Waals surface area contributed by atoms with Crippen molar-refractivity contribution in [3.8, 4) is 0 Å². The highest BCUT2D eigenvalue weighted by Crippen LogP contribution is 2.10. The van der Waals surface area contributed by atoms with E-state index in [2.05, 4.69) is 20.6 Å². The van der Waals surface area contributed by atoms with E-state index in [0.29, 0.717) is 12.4 Å². The van der Waals surface area contributed by atoms with Gasteiger partial charge in [0.05, 0.1) is 12.3 Å². The molecule has 1 unspecified atom stereocenters. The molecule has 1 aromatic heterocycles. The van der Waals surface area contributed by atoms with Gasteiger partial charge in [-0.2, -0.15) is 0 Å². The molecule has 1 atom stereocenters. The first kappa shape index (κ1) is 10.8. The number of hydrogen-bond donors (Lipinski definition) is 2. The molecule has 1 aromatic rings. The normalized spacial score (nSPS) is 19.4. The molecule has 86 valence electrons. The number of nitrogens with zero attached hydrogens (tertiary/aromatic N) is 2. The van der Waals surface area contributed by atoms with Crippen LogP contribution in [0.3, 0.4) is 0 Å². The third-order valence-electron chi connectivity index (χ3n) is 2.32. The van der Waals surface area contributed by atoms with E-state index in [1.807, 2.05) is 0 Å². The van der Waals surface area contributed by atoms with Crippen LogP contribution in [0.25, 0.3) is 0 Å². The summed E-state index contributed by atoms with van der Waals surface area (Å²) < 4.78 is 5.38. The fraction of sp³-hybridized carbons (Fsp3) is 0.500. The zero-order valence-corrected chi connectivity index (χ0v) is 8.85. The van der Waals surface area contributed by atoms with Crippen LogP contribution >= 0.6 is 0 Å². The summed E-state index contributed by atoms with van der Waals surface area (Å²) >= 11 is 0. The lowest BCUT2D eigenvalue weighted by Gasteiger charge is -2.10. The van der Waals surface area contributed by atoms with Crippen molar-refractivity contribution < 1.29 is 9.53 Å². The van der Waals surface area contributed by atoms with Crippen molar-refractivity contribution in [3.63, 3.8) is 0 Å². The number of urea groups is 1. The van der Waals surface area contributed by atoms with Crippen molar-refractivity contribution in [1.82, 2.24) is 15.3 Å². The monoisotopic (exact) mass is 222 g/mol. The van der Waals surface area contributed by atoms with Crippen molar-refractivity contribution in [3.05, 3.63) is 18.6 Å². The average molecular weight is 222 g/mol. The molecule has 2 rings (SSSR count). The summed E-state index contributed by atoms with van der Waals surface area (Å²) in [6.07, 6.45) is 6.79. The van der Waals surface area contributed by atoms with E-state index in [4.69, 9.17) is 4.74 Å². The van der Waals surface area contributed by atoms with Crippen LogP contribution in [0.2, 0.25) is 0 Å². The Morgan fingerprint density at radius 2 is 2.50 bits per heavy atom. The van der Waals surface area contributed by atoms with E-state index in [0.717, 1.165) is 19.4 Å². The number of carbonyl (C=O) groups is 1. The molecule has 0 spiro atoms. The van der Waals surface area contributed by atoms with Gasteiger partial charge in [0.25, 0.3) is 0 Å². The van der Waals surface area contributed by atoms with Gasteiger partial charge in [0.15, 0.2) is 5.82 Å². The Morgan fingerprint density at radius 1 is 1.56 bits per heavy atom. The fourth-order valence-corrected chi connectivity index (χ4v) is 1.54. The third kappa shape index (κ3) is 3.16. The summed E-state index contributed by atoms with van der Waals surface area (Å²) in [5, 5.41) is 5.32. The van der Waals surface area contributed by atoms with Crippen molar-refractivity contribution in [2.75, 3.05) is 18.5 Å². The Balaban J connectivity index is 1.72. The van der Waals surface area contributed by atoms with Gasteiger partial charge >= 0.3 is 6.03 Å². The fourth-order valence-electron chi connectivity index (χ4n) is 1.54. The van der Waals surface area contributed by atoms with Crippen molar-refractivity contribution >= 4 is 11.8 Å². The molecule has 1 aliphatic heterocycles. The highest BCUT2D eigenvalue weighted by molar-refractivity contribution is 5.87. The first-order chi connectivity index (χ1) is 7.84. The number of carbonyl (C=O) groups excluding carboxylic acids is 1. The van der Waals surface area contributed by atoms with Gasteiger partial charge in [0.2, 0.25) is 0 Å². The Morgan fingerprint density at radius 3 is 3.19 bits per heavy atom. The minimum absolute atomic E-state index is 0.146. The summed E-state index contributed by atoms with van der Waals surface area (Å²) in [6.45, 7) is 1.32. The molecule has 0 aliphatic carbocycles. The van der Waals surface area contributed by atoms with E-state index >= 15 is 0 Å². The lowest BCUT2D eigenvalue weighted by atomic mass is 10.2. The minimum Gasteiger partial charge on any atom is -0.376 e. The first-order valence-electron chi connectivity index (χ1n) is 5.27. The van der Waals surface area contributed by atoms with Crippen LogP contribution in [0.5, 0.6) is 0 Å². The largest absolute Gasteiger partial charge is 0.376 e. The second-order valence-corrected chi connectivity index (χ2v) is 3.56. The number of anilines is 1. The van der Waals surface area contributed by atoms with Crippen LogP contribution in [0.1, 0.15) is 12.8 Å². The maximum atomic E-state index is 11.4. The zero-order valence-electron chi connectivity index (χ0n) is 8.85. The van der Waals surface area contributed by atoms with Gasteiger partial charge in [-0.3, -0.25) is 10.3 Å². The number of nitrogens with one attached hydrogen (secondary N) is 2. The lowest BCUT2D eigenvalue weighted by molar-refractivity contribution is 0.112. The molecule has 0 saturated carbocycles. The summed E-state index contributed by atoms with van der Waals surface area (Å²) in [5.74, 6) is 0.437. The number of rotatable bonds is 3. The van der Waals surface area contributed by atoms with Crippen LogP contribution in [0, 0.1) is 0 Å². The van der Waals surface area contributed by atoms with E-state index in [9.17, 15) is 4.79 Å². The predicted molar refractivity (Wildman–Crippen MR) is 58.0 cm³/mol. The van der Waals surface area contributed by atoms with Gasteiger partial charge in [-0.15, -0.1) is 0 Å². The number of hydrogen-bond acceptors (Lipinski definition) is 4. The van der Waals surface area contributed by atoms with Gasteiger partial charge in [0, 0.05) is 25.5 Å². The minimum atomic E-state index is -0.281. The van der Waals surface area contributed by atoms with Crippen LogP contribution in [-0.2, 0) is 4.74 Å². The van der Waals surface area contributed by atoms with E-state index in [1.165, 1.54) is 12.4 Å². The molecule has 1 aliphatic rings. The van der Waals surface area contributed by atoms with Crippen LogP contribution < -0.4 is 10.6 Å². The number of ether oxygens (including phenoxy) is 1. The Kier molecular flexibility index (Phi) is 3.66. The Labute approximate surface area is 93.4 Å². The maximum Gasteiger partial charge on any atom is 0.320 e. The number of aromatic nitrogens is 2. The topological polar surface area (TPSA) is 76.1 Å².